The molecular weight excluding hydrogens is 401 g/mol. The summed E-state index contributed by atoms with van der Waals surface area (Å²) in [5, 5.41) is 0.776. The number of rotatable bonds is 3. The van der Waals surface area contributed by atoms with Crippen molar-refractivity contribution in [2.24, 2.45) is 0 Å². The summed E-state index contributed by atoms with van der Waals surface area (Å²) in [6.45, 7) is 4.20. The summed E-state index contributed by atoms with van der Waals surface area (Å²) < 4.78 is 11.6. The lowest BCUT2D eigenvalue weighted by atomic mass is 9.91. The maximum absolute atomic E-state index is 13.2. The summed E-state index contributed by atoms with van der Waals surface area (Å²) in [5.74, 6) is -0.0635. The number of hydrogen-bond donors (Lipinski definition) is 0. The number of hydrogen-bond acceptors (Lipinski definition) is 4. The molecule has 0 radical (unpaired) electrons. The quantitative estimate of drug-likeness (QED) is 0.689. The number of esters is 1. The van der Waals surface area contributed by atoms with Crippen LogP contribution in [0.4, 0.5) is 0 Å². The first-order valence-corrected chi connectivity index (χ1v) is 9.74. The molecule has 0 N–H and O–H groups in total. The van der Waals surface area contributed by atoms with E-state index in [1.165, 1.54) is 0 Å². The van der Waals surface area contributed by atoms with Gasteiger partial charge < -0.3 is 14.4 Å². The second-order valence-corrected chi connectivity index (χ2v) is 8.41. The largest absolute Gasteiger partial charge is 0.478 e. The van der Waals surface area contributed by atoms with Crippen LogP contribution >= 0.6 is 23.2 Å². The molecule has 2 aromatic carbocycles. The summed E-state index contributed by atoms with van der Waals surface area (Å²) in [5.41, 5.74) is -0.477. The topological polar surface area (TPSA) is 55.8 Å². The molecule has 1 amide bonds. The van der Waals surface area contributed by atoms with Crippen molar-refractivity contribution in [3.63, 3.8) is 0 Å². The van der Waals surface area contributed by atoms with Crippen molar-refractivity contribution in [2.45, 2.75) is 31.5 Å². The Morgan fingerprint density at radius 3 is 2.68 bits per heavy atom. The van der Waals surface area contributed by atoms with Gasteiger partial charge in [-0.3, -0.25) is 4.79 Å². The van der Waals surface area contributed by atoms with Crippen molar-refractivity contribution in [1.82, 2.24) is 4.90 Å². The van der Waals surface area contributed by atoms with E-state index in [1.807, 2.05) is 18.2 Å². The number of carbonyl (C=O) groups excluding carboxylic acids is 2. The van der Waals surface area contributed by atoms with Crippen molar-refractivity contribution < 1.29 is 19.1 Å². The lowest BCUT2D eigenvalue weighted by molar-refractivity contribution is -0.145. The Balaban J connectivity index is 1.53. The van der Waals surface area contributed by atoms with Gasteiger partial charge in [-0.15, -0.1) is 0 Å². The molecule has 1 atom stereocenters. The molecule has 1 saturated heterocycles. The molecule has 0 aromatic heterocycles. The van der Waals surface area contributed by atoms with E-state index in [2.05, 4.69) is 0 Å². The van der Waals surface area contributed by atoms with Gasteiger partial charge in [0.05, 0.1) is 22.2 Å². The van der Waals surface area contributed by atoms with E-state index in [4.69, 9.17) is 32.7 Å². The standard InChI is InChI=1S/C21H19Cl2NO4/c1-20(2,27-13-7-8-16(22)17(23)11-13)19(26)24-10-9-21(12-24)15-6-4-3-5-14(15)18(25)28-21/h3-8,11H,9-10,12H2,1-2H3. The number of amides is 1. The Labute approximate surface area is 173 Å². The zero-order valence-corrected chi connectivity index (χ0v) is 17.0. The average molecular weight is 420 g/mol. The maximum Gasteiger partial charge on any atom is 0.339 e. The summed E-state index contributed by atoms with van der Waals surface area (Å²) in [7, 11) is 0. The van der Waals surface area contributed by atoms with Gasteiger partial charge >= 0.3 is 5.97 Å². The van der Waals surface area contributed by atoms with E-state index in [-0.39, 0.29) is 11.9 Å². The predicted octanol–water partition coefficient (Wildman–Crippen LogP) is 4.45. The van der Waals surface area contributed by atoms with Gasteiger partial charge in [-0.1, -0.05) is 41.4 Å². The van der Waals surface area contributed by atoms with Gasteiger partial charge in [0.25, 0.3) is 5.91 Å². The fourth-order valence-corrected chi connectivity index (χ4v) is 4.15. The van der Waals surface area contributed by atoms with Crippen LogP contribution in [0.2, 0.25) is 10.0 Å². The van der Waals surface area contributed by atoms with Crippen molar-refractivity contribution in [3.8, 4) is 5.75 Å². The van der Waals surface area contributed by atoms with Gasteiger partial charge in [0.15, 0.2) is 11.2 Å². The van der Waals surface area contributed by atoms with Gasteiger partial charge in [-0.25, -0.2) is 4.79 Å². The molecule has 7 heteroatoms. The maximum atomic E-state index is 13.2. The first kappa shape index (κ1) is 19.1. The zero-order chi connectivity index (χ0) is 20.1. The van der Waals surface area contributed by atoms with Crippen LogP contribution in [0.5, 0.6) is 5.75 Å². The van der Waals surface area contributed by atoms with Crippen molar-refractivity contribution in [3.05, 3.63) is 63.6 Å². The van der Waals surface area contributed by atoms with Gasteiger partial charge in [0, 0.05) is 24.6 Å². The van der Waals surface area contributed by atoms with Crippen molar-refractivity contribution in [1.29, 1.82) is 0 Å². The Morgan fingerprint density at radius 1 is 1.18 bits per heavy atom. The molecule has 5 nitrogen and oxygen atoms in total. The van der Waals surface area contributed by atoms with Crippen LogP contribution in [-0.4, -0.2) is 35.5 Å². The first-order chi connectivity index (χ1) is 13.2. The summed E-state index contributed by atoms with van der Waals surface area (Å²) in [6, 6.07) is 12.2. The SMILES string of the molecule is CC(C)(Oc1ccc(Cl)c(Cl)c1)C(=O)N1CCC2(C1)OC(=O)c1ccccc12. The third kappa shape index (κ3) is 3.12. The van der Waals surface area contributed by atoms with Crippen LogP contribution in [0, 0.1) is 0 Å². The number of ether oxygens (including phenoxy) is 2. The average Bonchev–Trinajstić information content (AvgIpc) is 3.20. The zero-order valence-electron chi connectivity index (χ0n) is 15.5. The molecule has 0 saturated carbocycles. The van der Waals surface area contributed by atoms with E-state index >= 15 is 0 Å². The highest BCUT2D eigenvalue weighted by atomic mass is 35.5. The second-order valence-electron chi connectivity index (χ2n) is 7.59. The van der Waals surface area contributed by atoms with E-state index in [1.54, 1.807) is 43.0 Å². The highest BCUT2D eigenvalue weighted by Gasteiger charge is 2.52. The third-order valence-electron chi connectivity index (χ3n) is 5.22. The molecule has 1 spiro atoms. The minimum absolute atomic E-state index is 0.184. The normalized spacial score (nSPS) is 21.0. The molecule has 2 aromatic rings. The minimum atomic E-state index is -1.12. The molecule has 4 rings (SSSR count). The van der Waals surface area contributed by atoms with E-state index in [0.29, 0.717) is 40.9 Å². The summed E-state index contributed by atoms with van der Waals surface area (Å²) in [6.07, 6.45) is 0.560. The summed E-state index contributed by atoms with van der Waals surface area (Å²) >= 11 is 12.0. The molecule has 2 aliphatic heterocycles. The Morgan fingerprint density at radius 2 is 1.93 bits per heavy atom. The molecule has 1 unspecified atom stereocenters. The van der Waals surface area contributed by atoms with Gasteiger partial charge in [0.1, 0.15) is 5.75 Å². The van der Waals surface area contributed by atoms with Crippen LogP contribution in [0.25, 0.3) is 0 Å². The first-order valence-electron chi connectivity index (χ1n) is 8.98. The number of benzene rings is 2. The molecule has 1 fully saturated rings. The lowest BCUT2D eigenvalue weighted by Crippen LogP contribution is -2.49. The Kier molecular flexibility index (Phi) is 4.55. The smallest absolute Gasteiger partial charge is 0.339 e. The number of halogens is 2. The third-order valence-corrected chi connectivity index (χ3v) is 5.96. The van der Waals surface area contributed by atoms with Crippen molar-refractivity contribution in [2.75, 3.05) is 13.1 Å². The van der Waals surface area contributed by atoms with Crippen LogP contribution in [-0.2, 0) is 15.1 Å². The van der Waals surface area contributed by atoms with Gasteiger partial charge in [-0.05, 0) is 32.0 Å². The van der Waals surface area contributed by atoms with Crippen LogP contribution in [0.3, 0.4) is 0 Å². The number of carbonyl (C=O) groups is 2. The molecule has 0 aliphatic carbocycles. The fraction of sp³-hybridized carbons (Fsp3) is 0.333. The van der Waals surface area contributed by atoms with E-state index < -0.39 is 11.2 Å². The molecule has 2 aliphatic rings. The van der Waals surface area contributed by atoms with E-state index in [9.17, 15) is 9.59 Å². The highest BCUT2D eigenvalue weighted by Crippen LogP contribution is 2.43. The van der Waals surface area contributed by atoms with E-state index in [0.717, 1.165) is 5.56 Å². The Hall–Kier alpha value is -2.24. The molecule has 0 bridgehead atoms. The van der Waals surface area contributed by atoms with Crippen LogP contribution in [0.15, 0.2) is 42.5 Å². The predicted molar refractivity (Wildman–Crippen MR) is 106 cm³/mol. The van der Waals surface area contributed by atoms with Gasteiger partial charge in [0.2, 0.25) is 0 Å². The molecule has 2 heterocycles. The number of likely N-dealkylation sites (tertiary alicyclic amines) is 1. The monoisotopic (exact) mass is 419 g/mol. The summed E-state index contributed by atoms with van der Waals surface area (Å²) in [4.78, 5) is 27.1. The van der Waals surface area contributed by atoms with Gasteiger partial charge in [-0.2, -0.15) is 0 Å². The van der Waals surface area contributed by atoms with Crippen LogP contribution < -0.4 is 4.74 Å². The highest BCUT2D eigenvalue weighted by molar-refractivity contribution is 6.42. The Bertz CT molecular complexity index is 975. The second kappa shape index (κ2) is 6.68. The lowest BCUT2D eigenvalue weighted by Gasteiger charge is -2.31. The van der Waals surface area contributed by atoms with Crippen LogP contribution in [0.1, 0.15) is 36.2 Å². The number of fused-ring (bicyclic) bond motifs is 2. The van der Waals surface area contributed by atoms with Crippen molar-refractivity contribution >= 4 is 35.1 Å². The molecular formula is C21H19Cl2NO4. The molecule has 146 valence electrons. The minimum Gasteiger partial charge on any atom is -0.478 e. The molecule has 28 heavy (non-hydrogen) atoms. The fourth-order valence-electron chi connectivity index (χ4n) is 3.86. The number of nitrogens with zero attached hydrogens (tertiary/aromatic N) is 1.